The van der Waals surface area contributed by atoms with Crippen molar-refractivity contribution in [2.24, 2.45) is 0 Å². The lowest BCUT2D eigenvalue weighted by molar-refractivity contribution is 0.0689. The summed E-state index contributed by atoms with van der Waals surface area (Å²) < 4.78 is 11.3. The Labute approximate surface area is 96.2 Å². The molecular weight excluding hydrogens is 204 g/mol. The Morgan fingerprint density at radius 1 is 1.50 bits per heavy atom. The largest absolute Gasteiger partial charge is 0.471 e. The standard InChI is InChI=1S/C12H18N2O2/c1-10-4-3-5-12(13-10)16-11-8-14(2)6-7-15-9-11/h3-5,11H,6-9H2,1-2H3/t11-/m1/s1. The quantitative estimate of drug-likeness (QED) is 0.750. The molecule has 88 valence electrons. The normalized spacial score (nSPS) is 22.8. The summed E-state index contributed by atoms with van der Waals surface area (Å²) in [4.78, 5) is 6.54. The summed E-state index contributed by atoms with van der Waals surface area (Å²) in [5, 5.41) is 0. The van der Waals surface area contributed by atoms with Crippen molar-refractivity contribution in [2.75, 3.05) is 33.4 Å². The first-order chi connectivity index (χ1) is 7.74. The Hall–Kier alpha value is -1.13. The second kappa shape index (κ2) is 5.27. The highest BCUT2D eigenvalue weighted by molar-refractivity contribution is 5.15. The Bertz CT molecular complexity index is 344. The van der Waals surface area contributed by atoms with Gasteiger partial charge in [0.2, 0.25) is 5.88 Å². The lowest BCUT2D eigenvalue weighted by Crippen LogP contribution is -2.33. The zero-order chi connectivity index (χ0) is 11.4. The van der Waals surface area contributed by atoms with E-state index >= 15 is 0 Å². The molecule has 0 radical (unpaired) electrons. The van der Waals surface area contributed by atoms with E-state index in [0.29, 0.717) is 12.5 Å². The molecule has 1 atom stereocenters. The number of pyridine rings is 1. The van der Waals surface area contributed by atoms with Gasteiger partial charge in [-0.15, -0.1) is 0 Å². The Morgan fingerprint density at radius 3 is 3.19 bits per heavy atom. The third kappa shape index (κ3) is 3.18. The van der Waals surface area contributed by atoms with Gasteiger partial charge in [0.05, 0.1) is 13.2 Å². The van der Waals surface area contributed by atoms with Crippen LogP contribution in [-0.4, -0.2) is 49.3 Å². The van der Waals surface area contributed by atoms with Gasteiger partial charge in [0.1, 0.15) is 6.10 Å². The molecule has 1 aliphatic rings. The molecule has 0 aromatic carbocycles. The molecule has 1 aromatic heterocycles. The van der Waals surface area contributed by atoms with E-state index in [1.807, 2.05) is 25.1 Å². The van der Waals surface area contributed by atoms with Crippen molar-refractivity contribution in [3.05, 3.63) is 23.9 Å². The van der Waals surface area contributed by atoms with Crippen LogP contribution in [0.15, 0.2) is 18.2 Å². The van der Waals surface area contributed by atoms with Gasteiger partial charge in [-0.2, -0.15) is 0 Å². The molecule has 0 unspecified atom stereocenters. The minimum atomic E-state index is 0.0711. The molecule has 4 nitrogen and oxygen atoms in total. The van der Waals surface area contributed by atoms with Gasteiger partial charge in [-0.25, -0.2) is 4.98 Å². The molecule has 1 aliphatic heterocycles. The summed E-state index contributed by atoms with van der Waals surface area (Å²) in [6.07, 6.45) is 0.0711. The van der Waals surface area contributed by atoms with Gasteiger partial charge in [0.15, 0.2) is 0 Å². The van der Waals surface area contributed by atoms with E-state index in [1.54, 1.807) is 0 Å². The van der Waals surface area contributed by atoms with E-state index in [2.05, 4.69) is 16.9 Å². The van der Waals surface area contributed by atoms with E-state index in [1.165, 1.54) is 0 Å². The number of rotatable bonds is 2. The van der Waals surface area contributed by atoms with Crippen molar-refractivity contribution in [3.8, 4) is 5.88 Å². The molecule has 0 bridgehead atoms. The molecule has 4 heteroatoms. The van der Waals surface area contributed by atoms with E-state index in [-0.39, 0.29) is 6.10 Å². The van der Waals surface area contributed by atoms with E-state index < -0.39 is 0 Å². The first-order valence-corrected chi connectivity index (χ1v) is 5.60. The van der Waals surface area contributed by atoms with Gasteiger partial charge in [-0.05, 0) is 20.0 Å². The average molecular weight is 222 g/mol. The van der Waals surface area contributed by atoms with Crippen LogP contribution in [0.4, 0.5) is 0 Å². The number of ether oxygens (including phenoxy) is 2. The number of nitrogens with zero attached hydrogens (tertiary/aromatic N) is 2. The minimum Gasteiger partial charge on any atom is -0.471 e. The van der Waals surface area contributed by atoms with Crippen LogP contribution in [0.2, 0.25) is 0 Å². The van der Waals surface area contributed by atoms with Gasteiger partial charge < -0.3 is 14.4 Å². The van der Waals surface area contributed by atoms with E-state index in [9.17, 15) is 0 Å². The van der Waals surface area contributed by atoms with Crippen LogP contribution >= 0.6 is 0 Å². The second-order valence-electron chi connectivity index (χ2n) is 4.19. The van der Waals surface area contributed by atoms with Crippen LogP contribution in [-0.2, 0) is 4.74 Å². The van der Waals surface area contributed by atoms with Crippen LogP contribution in [0.5, 0.6) is 5.88 Å². The van der Waals surface area contributed by atoms with Crippen LogP contribution in [0.25, 0.3) is 0 Å². The third-order valence-electron chi connectivity index (χ3n) is 2.59. The first-order valence-electron chi connectivity index (χ1n) is 5.60. The molecule has 1 fully saturated rings. The summed E-state index contributed by atoms with van der Waals surface area (Å²) in [6, 6.07) is 5.80. The predicted octanol–water partition coefficient (Wildman–Crippen LogP) is 1.10. The van der Waals surface area contributed by atoms with Crippen LogP contribution in [0, 0.1) is 6.92 Å². The van der Waals surface area contributed by atoms with Gasteiger partial charge in [0, 0.05) is 24.8 Å². The van der Waals surface area contributed by atoms with Gasteiger partial charge >= 0.3 is 0 Å². The lowest BCUT2D eigenvalue weighted by Gasteiger charge is -2.19. The second-order valence-corrected chi connectivity index (χ2v) is 4.19. The highest BCUT2D eigenvalue weighted by Gasteiger charge is 2.17. The summed E-state index contributed by atoms with van der Waals surface area (Å²) in [6.45, 7) is 5.22. The van der Waals surface area contributed by atoms with E-state index in [0.717, 1.165) is 25.4 Å². The first kappa shape index (κ1) is 11.4. The van der Waals surface area contributed by atoms with Crippen molar-refractivity contribution >= 4 is 0 Å². The van der Waals surface area contributed by atoms with Gasteiger partial charge in [0.25, 0.3) is 0 Å². The fourth-order valence-corrected chi connectivity index (χ4v) is 1.75. The molecule has 2 heterocycles. The third-order valence-corrected chi connectivity index (χ3v) is 2.59. The average Bonchev–Trinajstić information content (AvgIpc) is 2.43. The number of aromatic nitrogens is 1. The maximum atomic E-state index is 5.81. The molecule has 16 heavy (non-hydrogen) atoms. The highest BCUT2D eigenvalue weighted by atomic mass is 16.5. The monoisotopic (exact) mass is 222 g/mol. The predicted molar refractivity (Wildman–Crippen MR) is 61.7 cm³/mol. The van der Waals surface area contributed by atoms with Crippen molar-refractivity contribution in [1.82, 2.24) is 9.88 Å². The summed E-state index contributed by atoms with van der Waals surface area (Å²) in [7, 11) is 2.08. The number of hydrogen-bond donors (Lipinski definition) is 0. The molecule has 0 spiro atoms. The van der Waals surface area contributed by atoms with Gasteiger partial charge in [-0.1, -0.05) is 6.07 Å². The van der Waals surface area contributed by atoms with Crippen LogP contribution in [0.3, 0.4) is 0 Å². The fourth-order valence-electron chi connectivity index (χ4n) is 1.75. The Morgan fingerprint density at radius 2 is 2.38 bits per heavy atom. The maximum absolute atomic E-state index is 5.81. The summed E-state index contributed by atoms with van der Waals surface area (Å²) in [5.41, 5.74) is 0.973. The summed E-state index contributed by atoms with van der Waals surface area (Å²) >= 11 is 0. The smallest absolute Gasteiger partial charge is 0.213 e. The van der Waals surface area contributed by atoms with E-state index in [4.69, 9.17) is 9.47 Å². The molecule has 1 saturated heterocycles. The van der Waals surface area contributed by atoms with Gasteiger partial charge in [-0.3, -0.25) is 0 Å². The number of aryl methyl sites for hydroxylation is 1. The van der Waals surface area contributed by atoms with Crippen molar-refractivity contribution in [3.63, 3.8) is 0 Å². The zero-order valence-electron chi connectivity index (χ0n) is 9.85. The number of likely N-dealkylation sites (N-methyl/N-ethyl adjacent to an activating group) is 1. The van der Waals surface area contributed by atoms with Crippen molar-refractivity contribution < 1.29 is 9.47 Å². The number of hydrogen-bond acceptors (Lipinski definition) is 4. The SMILES string of the molecule is Cc1cccc(O[C@H]2COCCN(C)C2)n1. The fraction of sp³-hybridized carbons (Fsp3) is 0.583. The molecule has 0 saturated carbocycles. The minimum absolute atomic E-state index is 0.0711. The maximum Gasteiger partial charge on any atom is 0.213 e. The molecule has 0 N–H and O–H groups in total. The highest BCUT2D eigenvalue weighted by Crippen LogP contribution is 2.11. The van der Waals surface area contributed by atoms with Crippen LogP contribution in [0.1, 0.15) is 5.69 Å². The molecule has 2 rings (SSSR count). The molecule has 0 amide bonds. The summed E-state index contributed by atoms with van der Waals surface area (Å²) in [5.74, 6) is 0.684. The lowest BCUT2D eigenvalue weighted by atomic mass is 10.3. The van der Waals surface area contributed by atoms with Crippen LogP contribution < -0.4 is 4.74 Å². The molecule has 0 aliphatic carbocycles. The Balaban J connectivity index is 1.97. The molecule has 1 aromatic rings. The zero-order valence-corrected chi connectivity index (χ0v) is 9.85. The van der Waals surface area contributed by atoms with Crippen molar-refractivity contribution in [2.45, 2.75) is 13.0 Å². The Kier molecular flexibility index (Phi) is 3.74. The van der Waals surface area contributed by atoms with Crippen molar-refractivity contribution in [1.29, 1.82) is 0 Å². The topological polar surface area (TPSA) is 34.6 Å². The molecular formula is C12H18N2O2.